The zero-order valence-corrected chi connectivity index (χ0v) is 16.2. The van der Waals surface area contributed by atoms with Crippen LogP contribution >= 0.6 is 0 Å². The minimum Gasteiger partial charge on any atom is -0.427 e. The van der Waals surface area contributed by atoms with E-state index in [0.29, 0.717) is 11.3 Å². The molecule has 4 aromatic rings. The van der Waals surface area contributed by atoms with Crippen molar-refractivity contribution in [3.63, 3.8) is 0 Å². The molecule has 0 fully saturated rings. The predicted molar refractivity (Wildman–Crippen MR) is 112 cm³/mol. The molecule has 0 bridgehead atoms. The smallest absolute Gasteiger partial charge is 0.308 e. The first-order valence-electron chi connectivity index (χ1n) is 9.35. The van der Waals surface area contributed by atoms with E-state index in [2.05, 4.69) is 29.0 Å². The van der Waals surface area contributed by atoms with Crippen molar-refractivity contribution >= 4 is 22.8 Å². The van der Waals surface area contributed by atoms with Gasteiger partial charge in [-0.05, 0) is 48.9 Å². The Morgan fingerprint density at radius 2 is 1.69 bits per heavy atom. The van der Waals surface area contributed by atoms with E-state index in [9.17, 15) is 9.59 Å². The number of H-pyrrole nitrogens is 1. The molecule has 4 rings (SSSR count). The van der Waals surface area contributed by atoms with Crippen LogP contribution in [0.5, 0.6) is 5.75 Å². The van der Waals surface area contributed by atoms with E-state index in [0.717, 1.165) is 28.0 Å². The first kappa shape index (κ1) is 18.6. The summed E-state index contributed by atoms with van der Waals surface area (Å²) in [5.74, 6) is 0.842. The summed E-state index contributed by atoms with van der Waals surface area (Å²) in [6.07, 6.45) is 0.273. The van der Waals surface area contributed by atoms with Gasteiger partial charge < -0.3 is 9.72 Å². The Morgan fingerprint density at radius 1 is 0.966 bits per heavy atom. The van der Waals surface area contributed by atoms with Crippen LogP contribution in [0.4, 0.5) is 0 Å². The molecule has 5 heteroatoms. The highest BCUT2D eigenvalue weighted by molar-refractivity contribution is 5.98. The number of imidazole rings is 1. The molecule has 0 aliphatic heterocycles. The van der Waals surface area contributed by atoms with Gasteiger partial charge in [0, 0.05) is 24.5 Å². The van der Waals surface area contributed by atoms with Crippen LogP contribution in [-0.2, 0) is 11.2 Å². The number of ether oxygens (including phenoxy) is 1. The molecule has 0 aliphatic rings. The lowest BCUT2D eigenvalue weighted by Crippen LogP contribution is -2.05. The second-order valence-corrected chi connectivity index (χ2v) is 7.02. The number of benzene rings is 3. The van der Waals surface area contributed by atoms with Gasteiger partial charge in [0.05, 0.1) is 11.0 Å². The van der Waals surface area contributed by atoms with Crippen LogP contribution < -0.4 is 4.74 Å². The fourth-order valence-electron chi connectivity index (χ4n) is 3.17. The molecule has 144 valence electrons. The lowest BCUT2D eigenvalue weighted by molar-refractivity contribution is -0.131. The van der Waals surface area contributed by atoms with Gasteiger partial charge in [0.1, 0.15) is 11.6 Å². The summed E-state index contributed by atoms with van der Waals surface area (Å²) in [4.78, 5) is 31.6. The van der Waals surface area contributed by atoms with Gasteiger partial charge in [-0.2, -0.15) is 0 Å². The number of hydrogen-bond donors (Lipinski definition) is 1. The lowest BCUT2D eigenvalue weighted by Gasteiger charge is -2.04. The van der Waals surface area contributed by atoms with E-state index < -0.39 is 0 Å². The van der Waals surface area contributed by atoms with E-state index >= 15 is 0 Å². The molecule has 1 heterocycles. The van der Waals surface area contributed by atoms with Crippen molar-refractivity contribution in [2.24, 2.45) is 0 Å². The maximum absolute atomic E-state index is 12.6. The van der Waals surface area contributed by atoms with Crippen molar-refractivity contribution in [1.29, 1.82) is 0 Å². The van der Waals surface area contributed by atoms with E-state index in [-0.39, 0.29) is 18.2 Å². The van der Waals surface area contributed by atoms with Crippen molar-refractivity contribution < 1.29 is 14.3 Å². The number of aromatic nitrogens is 2. The van der Waals surface area contributed by atoms with Crippen LogP contribution in [0.15, 0.2) is 66.7 Å². The van der Waals surface area contributed by atoms with Crippen LogP contribution in [0.25, 0.3) is 22.4 Å². The van der Waals surface area contributed by atoms with Gasteiger partial charge in [0.2, 0.25) is 0 Å². The Morgan fingerprint density at radius 3 is 2.38 bits per heavy atom. The summed E-state index contributed by atoms with van der Waals surface area (Å²) < 4.78 is 5.00. The molecule has 1 aromatic heterocycles. The molecule has 0 radical (unpaired) electrons. The SMILES string of the molecule is CC(=O)Oc1ccc(C(=O)Cc2ccc3[nH]c(-c4ccc(C)cc4)nc3c2)cc1. The number of carbonyl (C=O) groups excluding carboxylic acids is 2. The molecule has 1 N–H and O–H groups in total. The zero-order chi connectivity index (χ0) is 20.4. The van der Waals surface area contributed by atoms with Gasteiger partial charge in [-0.25, -0.2) is 4.98 Å². The van der Waals surface area contributed by atoms with Gasteiger partial charge in [-0.3, -0.25) is 9.59 Å². The Labute approximate surface area is 168 Å². The van der Waals surface area contributed by atoms with Gasteiger partial charge >= 0.3 is 5.97 Å². The van der Waals surface area contributed by atoms with Crippen molar-refractivity contribution in [2.45, 2.75) is 20.3 Å². The molecule has 5 nitrogen and oxygen atoms in total. The Hall–Kier alpha value is -3.73. The van der Waals surface area contributed by atoms with Crippen LogP contribution in [-0.4, -0.2) is 21.7 Å². The number of hydrogen-bond acceptors (Lipinski definition) is 4. The van der Waals surface area contributed by atoms with E-state index in [1.165, 1.54) is 12.5 Å². The standard InChI is InChI=1S/C24H20N2O3/c1-15-3-6-19(7-4-15)24-25-21-12-5-17(13-22(21)26-24)14-23(28)18-8-10-20(11-9-18)29-16(2)27/h3-13H,14H2,1-2H3,(H,25,26). The number of fused-ring (bicyclic) bond motifs is 1. The highest BCUT2D eigenvalue weighted by Gasteiger charge is 2.11. The predicted octanol–water partition coefficient (Wildman–Crippen LogP) is 4.89. The largest absolute Gasteiger partial charge is 0.427 e. The Balaban J connectivity index is 1.52. The fourth-order valence-corrected chi connectivity index (χ4v) is 3.17. The summed E-state index contributed by atoms with van der Waals surface area (Å²) in [5.41, 5.74) is 5.46. The molecule has 0 atom stereocenters. The van der Waals surface area contributed by atoms with Crippen LogP contribution in [0.2, 0.25) is 0 Å². The first-order chi connectivity index (χ1) is 14.0. The van der Waals surface area contributed by atoms with E-state index in [4.69, 9.17) is 4.74 Å². The average Bonchev–Trinajstić information content (AvgIpc) is 3.12. The van der Waals surface area contributed by atoms with Crippen molar-refractivity contribution in [2.75, 3.05) is 0 Å². The maximum atomic E-state index is 12.6. The monoisotopic (exact) mass is 384 g/mol. The number of aryl methyl sites for hydroxylation is 1. The van der Waals surface area contributed by atoms with Gasteiger partial charge in [-0.1, -0.05) is 35.9 Å². The number of Topliss-reactive ketones (excluding diaryl/α,β-unsaturated/α-hetero) is 1. The summed E-state index contributed by atoms with van der Waals surface area (Å²) in [6, 6.07) is 20.6. The lowest BCUT2D eigenvalue weighted by atomic mass is 10.0. The quantitative estimate of drug-likeness (QED) is 0.302. The van der Waals surface area contributed by atoms with Gasteiger partial charge in [0.15, 0.2) is 5.78 Å². The van der Waals surface area contributed by atoms with Crippen molar-refractivity contribution in [3.05, 3.63) is 83.4 Å². The number of nitrogens with one attached hydrogen (secondary N) is 1. The summed E-state index contributed by atoms with van der Waals surface area (Å²) in [5, 5.41) is 0. The zero-order valence-electron chi connectivity index (χ0n) is 16.2. The third-order valence-corrected chi connectivity index (χ3v) is 4.68. The molecule has 3 aromatic carbocycles. The normalized spacial score (nSPS) is 10.8. The highest BCUT2D eigenvalue weighted by atomic mass is 16.5. The Kier molecular flexibility index (Phi) is 4.96. The van der Waals surface area contributed by atoms with Crippen LogP contribution in [0.3, 0.4) is 0 Å². The molecular formula is C24H20N2O3. The molecule has 29 heavy (non-hydrogen) atoms. The number of nitrogens with zero attached hydrogens (tertiary/aromatic N) is 1. The van der Waals surface area contributed by atoms with Crippen LogP contribution in [0.1, 0.15) is 28.4 Å². The number of aromatic amines is 1. The summed E-state index contributed by atoms with van der Waals surface area (Å²) in [6.45, 7) is 3.39. The van der Waals surface area contributed by atoms with Gasteiger partial charge in [-0.15, -0.1) is 0 Å². The number of rotatable bonds is 5. The molecular weight excluding hydrogens is 364 g/mol. The minimum absolute atomic E-state index is 0.00646. The minimum atomic E-state index is -0.388. The maximum Gasteiger partial charge on any atom is 0.308 e. The number of esters is 1. The molecule has 0 unspecified atom stereocenters. The van der Waals surface area contributed by atoms with Crippen LogP contribution in [0, 0.1) is 6.92 Å². The third kappa shape index (κ3) is 4.24. The number of carbonyl (C=O) groups is 2. The average molecular weight is 384 g/mol. The Bertz CT molecular complexity index is 1190. The molecule has 0 aliphatic carbocycles. The summed E-state index contributed by atoms with van der Waals surface area (Å²) >= 11 is 0. The van der Waals surface area contributed by atoms with Crippen molar-refractivity contribution in [3.8, 4) is 17.1 Å². The molecule has 0 spiro atoms. The van der Waals surface area contributed by atoms with Gasteiger partial charge in [0.25, 0.3) is 0 Å². The van der Waals surface area contributed by atoms with E-state index in [1.807, 2.05) is 30.3 Å². The second kappa shape index (κ2) is 7.72. The number of ketones is 1. The topological polar surface area (TPSA) is 72.1 Å². The molecule has 0 saturated carbocycles. The van der Waals surface area contributed by atoms with Crippen molar-refractivity contribution in [1.82, 2.24) is 9.97 Å². The van der Waals surface area contributed by atoms with E-state index in [1.54, 1.807) is 24.3 Å². The summed E-state index contributed by atoms with van der Waals surface area (Å²) in [7, 11) is 0. The second-order valence-electron chi connectivity index (χ2n) is 7.02. The first-order valence-corrected chi connectivity index (χ1v) is 9.35. The fraction of sp³-hybridized carbons (Fsp3) is 0.125. The highest BCUT2D eigenvalue weighted by Crippen LogP contribution is 2.22. The third-order valence-electron chi connectivity index (χ3n) is 4.68. The molecule has 0 saturated heterocycles. The molecule has 0 amide bonds.